The van der Waals surface area contributed by atoms with Crippen LogP contribution < -0.4 is 10.1 Å². The minimum atomic E-state index is -1.71. The molecule has 3 rings (SSSR count). The van der Waals surface area contributed by atoms with E-state index in [1.54, 1.807) is 48.5 Å². The van der Waals surface area contributed by atoms with Gasteiger partial charge in [-0.15, -0.1) is 0 Å². The van der Waals surface area contributed by atoms with Crippen molar-refractivity contribution in [2.75, 3.05) is 40.6 Å². The highest BCUT2D eigenvalue weighted by atomic mass is 16.6. The summed E-state index contributed by atoms with van der Waals surface area (Å²) in [7, 11) is 3.07. The summed E-state index contributed by atoms with van der Waals surface area (Å²) in [6.45, 7) is 0.826. The molecule has 214 valence electrons. The molecule has 12 heteroatoms. The minimum absolute atomic E-state index is 0.0910. The molecule has 2 aromatic carbocycles. The van der Waals surface area contributed by atoms with Crippen LogP contribution in [-0.2, 0) is 32.0 Å². The fourth-order valence-electron chi connectivity index (χ4n) is 3.77. The average molecular weight is 556 g/mol. The molecule has 0 bridgehead atoms. The Labute approximate surface area is 231 Å². The summed E-state index contributed by atoms with van der Waals surface area (Å²) in [4.78, 5) is 37.6. The number of nitrogens with one attached hydrogen (secondary N) is 1. The van der Waals surface area contributed by atoms with Gasteiger partial charge in [0.15, 0.2) is 11.8 Å². The Morgan fingerprint density at radius 1 is 0.950 bits per heavy atom. The number of carbonyl (C=O) groups is 3. The monoisotopic (exact) mass is 555 g/mol. The zero-order valence-corrected chi connectivity index (χ0v) is 22.3. The fourth-order valence-corrected chi connectivity index (χ4v) is 3.77. The number of hydrogen-bond donors (Lipinski definition) is 3. The van der Waals surface area contributed by atoms with Gasteiger partial charge >= 0.3 is 11.9 Å². The van der Waals surface area contributed by atoms with Crippen molar-refractivity contribution < 1.29 is 43.5 Å². The lowest BCUT2D eigenvalue weighted by Gasteiger charge is -2.23. The predicted octanol–water partition coefficient (Wildman–Crippen LogP) is 1.55. The lowest BCUT2D eigenvalue weighted by Crippen LogP contribution is -2.49. The van der Waals surface area contributed by atoms with Crippen molar-refractivity contribution in [3.63, 3.8) is 0 Å². The number of carboxylic acids is 1. The van der Waals surface area contributed by atoms with E-state index in [1.807, 2.05) is 6.07 Å². The van der Waals surface area contributed by atoms with Gasteiger partial charge in [-0.25, -0.2) is 9.59 Å². The van der Waals surface area contributed by atoms with Crippen molar-refractivity contribution in [3.8, 4) is 5.75 Å². The van der Waals surface area contributed by atoms with Gasteiger partial charge in [0, 0.05) is 13.2 Å². The topological polar surface area (TPSA) is 158 Å². The first kappa shape index (κ1) is 30.3. The minimum Gasteiger partial charge on any atom is -0.497 e. The highest BCUT2D eigenvalue weighted by Gasteiger charge is 2.31. The zero-order chi connectivity index (χ0) is 28.9. The number of carbonyl (C=O) groups excluding carboxylic acids is 2. The van der Waals surface area contributed by atoms with E-state index >= 15 is 0 Å². The number of nitrogens with zero attached hydrogens (tertiary/aromatic N) is 2. The third kappa shape index (κ3) is 8.90. The molecule has 0 aliphatic rings. The Balaban J connectivity index is 1.74. The Hall–Kier alpha value is -4.26. The van der Waals surface area contributed by atoms with Crippen LogP contribution in [0.3, 0.4) is 0 Å². The second-order valence-electron chi connectivity index (χ2n) is 8.71. The highest BCUT2D eigenvalue weighted by Crippen LogP contribution is 2.15. The Morgan fingerprint density at radius 3 is 2.30 bits per heavy atom. The number of rotatable bonds is 16. The lowest BCUT2D eigenvalue weighted by atomic mass is 10.0. The van der Waals surface area contributed by atoms with Crippen molar-refractivity contribution >= 4 is 17.8 Å². The quantitative estimate of drug-likeness (QED) is 0.175. The Kier molecular flexibility index (Phi) is 11.6. The molecule has 0 fully saturated rings. The molecule has 0 aliphatic carbocycles. The number of aromatic carboxylic acids is 1. The second-order valence-corrected chi connectivity index (χ2v) is 8.71. The van der Waals surface area contributed by atoms with E-state index in [2.05, 4.69) is 10.4 Å². The van der Waals surface area contributed by atoms with Crippen LogP contribution in [0.2, 0.25) is 0 Å². The zero-order valence-electron chi connectivity index (χ0n) is 22.3. The first-order valence-electron chi connectivity index (χ1n) is 12.5. The molecule has 12 nitrogen and oxygen atoms in total. The Morgan fingerprint density at radius 2 is 1.65 bits per heavy atom. The summed E-state index contributed by atoms with van der Waals surface area (Å²) >= 11 is 0. The molecule has 1 amide bonds. The van der Waals surface area contributed by atoms with Gasteiger partial charge in [-0.2, -0.15) is 5.10 Å². The molecule has 0 saturated carbocycles. The summed E-state index contributed by atoms with van der Waals surface area (Å²) in [5.74, 6) is -2.32. The molecule has 0 saturated heterocycles. The Bertz CT molecular complexity index is 1250. The van der Waals surface area contributed by atoms with Crippen molar-refractivity contribution in [3.05, 3.63) is 83.2 Å². The van der Waals surface area contributed by atoms with Crippen LogP contribution >= 0.6 is 0 Å². The predicted molar refractivity (Wildman–Crippen MR) is 142 cm³/mol. The molecule has 0 radical (unpaired) electrons. The first-order chi connectivity index (χ1) is 19.3. The van der Waals surface area contributed by atoms with E-state index in [-0.39, 0.29) is 37.6 Å². The third-order valence-corrected chi connectivity index (χ3v) is 5.86. The van der Waals surface area contributed by atoms with Crippen molar-refractivity contribution in [1.82, 2.24) is 15.1 Å². The number of methoxy groups -OCH3 is 2. The average Bonchev–Trinajstić information content (AvgIpc) is 3.39. The molecule has 0 unspecified atom stereocenters. The number of hydrogen-bond acceptors (Lipinski definition) is 9. The molecule has 1 aromatic heterocycles. The molecule has 40 heavy (non-hydrogen) atoms. The molecule has 3 N–H and O–H groups in total. The molecule has 0 spiro atoms. The molecule has 1 heterocycles. The van der Waals surface area contributed by atoms with Gasteiger partial charge in [0.2, 0.25) is 0 Å². The van der Waals surface area contributed by atoms with Gasteiger partial charge in [-0.3, -0.25) is 9.48 Å². The van der Waals surface area contributed by atoms with E-state index in [0.717, 1.165) is 17.2 Å². The van der Waals surface area contributed by atoms with Gasteiger partial charge in [-0.05, 0) is 29.7 Å². The van der Waals surface area contributed by atoms with E-state index in [9.17, 15) is 24.6 Å². The smallest absolute Gasteiger partial charge is 0.354 e. The number of carboxylic acid groups (broad SMARTS) is 1. The van der Waals surface area contributed by atoms with Crippen molar-refractivity contribution in [2.24, 2.45) is 0 Å². The third-order valence-electron chi connectivity index (χ3n) is 5.86. The summed E-state index contributed by atoms with van der Waals surface area (Å²) in [6, 6.07) is 16.0. The van der Waals surface area contributed by atoms with Gasteiger partial charge in [0.1, 0.15) is 18.1 Å². The SMILES string of the molecule is COCCOCCOC(=O)[C@H](O)[C@@H](Cc1ccccc1)NC(=O)c1cc(C(=O)O)n(Cc2ccc(OC)cc2)n1. The van der Waals surface area contributed by atoms with Crippen LogP contribution in [0.15, 0.2) is 60.7 Å². The number of ether oxygens (including phenoxy) is 4. The first-order valence-corrected chi connectivity index (χ1v) is 12.5. The van der Waals surface area contributed by atoms with E-state index in [0.29, 0.717) is 19.0 Å². The van der Waals surface area contributed by atoms with Gasteiger partial charge < -0.3 is 34.5 Å². The van der Waals surface area contributed by atoms with Crippen LogP contribution in [0.25, 0.3) is 0 Å². The van der Waals surface area contributed by atoms with Gasteiger partial charge in [-0.1, -0.05) is 42.5 Å². The summed E-state index contributed by atoms with van der Waals surface area (Å²) < 4.78 is 21.6. The normalized spacial score (nSPS) is 12.4. The van der Waals surface area contributed by atoms with E-state index < -0.39 is 30.0 Å². The second kappa shape index (κ2) is 15.4. The van der Waals surface area contributed by atoms with Gasteiger partial charge in [0.25, 0.3) is 5.91 Å². The fraction of sp³-hybridized carbons (Fsp3) is 0.357. The van der Waals surface area contributed by atoms with E-state index in [1.165, 1.54) is 18.9 Å². The van der Waals surface area contributed by atoms with E-state index in [4.69, 9.17) is 18.9 Å². The molecule has 3 aromatic rings. The molecule has 0 aliphatic heterocycles. The van der Waals surface area contributed by atoms with Gasteiger partial charge in [0.05, 0.1) is 39.5 Å². The van der Waals surface area contributed by atoms with Crippen LogP contribution in [0.4, 0.5) is 0 Å². The van der Waals surface area contributed by atoms with Crippen molar-refractivity contribution in [1.29, 1.82) is 0 Å². The van der Waals surface area contributed by atoms with Crippen LogP contribution in [0.5, 0.6) is 5.75 Å². The number of benzene rings is 2. The summed E-state index contributed by atoms with van der Waals surface area (Å²) in [6.07, 6.45) is -1.60. The molecule has 2 atom stereocenters. The maximum Gasteiger partial charge on any atom is 0.354 e. The van der Waals surface area contributed by atoms with Crippen LogP contribution in [0, 0.1) is 0 Å². The molecular formula is C28H33N3O9. The lowest BCUT2D eigenvalue weighted by molar-refractivity contribution is -0.156. The van der Waals surface area contributed by atoms with Crippen LogP contribution in [-0.4, -0.2) is 90.6 Å². The maximum absolute atomic E-state index is 13.2. The standard InChI is InChI=1S/C28H33N3O9/c1-37-12-13-39-14-15-40-28(36)25(32)22(16-19-6-4-3-5-7-19)29-26(33)23-17-24(27(34)35)31(30-23)18-20-8-10-21(38-2)11-9-20/h3-11,17,22,25,32H,12-16,18H2,1-2H3,(H,29,33)(H,34,35)/t22-,25-/m1/s1. The number of aromatic nitrogens is 2. The summed E-state index contributed by atoms with van der Waals surface area (Å²) in [5.41, 5.74) is 1.11. The maximum atomic E-state index is 13.2. The summed E-state index contributed by atoms with van der Waals surface area (Å²) in [5, 5.41) is 27.3. The number of aliphatic hydroxyl groups is 1. The largest absolute Gasteiger partial charge is 0.497 e. The van der Waals surface area contributed by atoms with Crippen LogP contribution in [0.1, 0.15) is 32.1 Å². The number of aliphatic hydroxyl groups excluding tert-OH is 1. The van der Waals surface area contributed by atoms with Crippen molar-refractivity contribution in [2.45, 2.75) is 25.1 Å². The number of amides is 1. The highest BCUT2D eigenvalue weighted by molar-refractivity contribution is 5.96. The number of esters is 1. The molecular weight excluding hydrogens is 522 g/mol.